The van der Waals surface area contributed by atoms with Crippen molar-refractivity contribution in [3.05, 3.63) is 11.8 Å². The van der Waals surface area contributed by atoms with Crippen molar-refractivity contribution in [1.29, 1.82) is 0 Å². The molecule has 2 rings (SSSR count). The molecule has 1 heterocycles. The third-order valence-corrected chi connectivity index (χ3v) is 3.90. The number of aromatic nitrogens is 2. The maximum atomic E-state index is 5.84. The fourth-order valence-corrected chi connectivity index (χ4v) is 2.80. The van der Waals surface area contributed by atoms with Gasteiger partial charge in [-0.1, -0.05) is 12.8 Å². The van der Waals surface area contributed by atoms with Gasteiger partial charge in [0.15, 0.2) is 0 Å². The highest BCUT2D eigenvalue weighted by Crippen LogP contribution is 2.29. The quantitative estimate of drug-likeness (QED) is 0.865. The van der Waals surface area contributed by atoms with Crippen molar-refractivity contribution < 1.29 is 9.47 Å². The van der Waals surface area contributed by atoms with Crippen LogP contribution in [0.1, 0.15) is 38.3 Å². The summed E-state index contributed by atoms with van der Waals surface area (Å²) in [5.74, 6) is 1.67. The van der Waals surface area contributed by atoms with Gasteiger partial charge in [0.1, 0.15) is 0 Å². The molecular formula is C15H25N3O2. The number of hydrogen-bond donors (Lipinski definition) is 1. The van der Waals surface area contributed by atoms with Crippen molar-refractivity contribution in [3.63, 3.8) is 0 Å². The zero-order chi connectivity index (χ0) is 14.4. The van der Waals surface area contributed by atoms with Gasteiger partial charge in [0.05, 0.1) is 13.2 Å². The molecule has 0 amide bonds. The summed E-state index contributed by atoms with van der Waals surface area (Å²) in [4.78, 5) is 8.58. The largest absolute Gasteiger partial charge is 0.478 e. The minimum absolute atomic E-state index is 0.412. The predicted octanol–water partition coefficient (Wildman–Crippen LogP) is 2.33. The van der Waals surface area contributed by atoms with Crippen molar-refractivity contribution >= 4 is 0 Å². The number of ether oxygens (including phenoxy) is 2. The van der Waals surface area contributed by atoms with Gasteiger partial charge in [-0.15, -0.1) is 0 Å². The van der Waals surface area contributed by atoms with Gasteiger partial charge in [-0.3, -0.25) is 0 Å². The van der Waals surface area contributed by atoms with E-state index in [4.69, 9.17) is 15.2 Å². The van der Waals surface area contributed by atoms with Crippen LogP contribution in [0.4, 0.5) is 0 Å². The standard InChI is InChI=1S/C15H25N3O2/c1-3-19-14-8-11(2)17-15(18-14)20-10-13-7-5-4-6-12(13)9-16/h8,12-13H,3-7,9-10,16H2,1-2H3. The van der Waals surface area contributed by atoms with Gasteiger partial charge in [-0.2, -0.15) is 4.98 Å². The first kappa shape index (κ1) is 15.0. The Hall–Kier alpha value is -1.36. The van der Waals surface area contributed by atoms with Gasteiger partial charge in [-0.05, 0) is 45.1 Å². The lowest BCUT2D eigenvalue weighted by Gasteiger charge is -2.30. The van der Waals surface area contributed by atoms with Crippen molar-refractivity contribution in [3.8, 4) is 11.9 Å². The molecule has 2 unspecified atom stereocenters. The molecule has 20 heavy (non-hydrogen) atoms. The van der Waals surface area contributed by atoms with Gasteiger partial charge in [0.25, 0.3) is 0 Å². The van der Waals surface area contributed by atoms with Crippen molar-refractivity contribution in [2.45, 2.75) is 39.5 Å². The Labute approximate surface area is 120 Å². The Kier molecular flexibility index (Phi) is 5.59. The SMILES string of the molecule is CCOc1cc(C)nc(OCC2CCCCC2CN)n1. The number of nitrogens with zero attached hydrogens (tertiary/aromatic N) is 2. The third kappa shape index (κ3) is 4.07. The van der Waals surface area contributed by atoms with Crippen molar-refractivity contribution in [2.75, 3.05) is 19.8 Å². The van der Waals surface area contributed by atoms with Gasteiger partial charge in [0.2, 0.25) is 5.88 Å². The van der Waals surface area contributed by atoms with E-state index in [1.165, 1.54) is 25.7 Å². The van der Waals surface area contributed by atoms with E-state index < -0.39 is 0 Å². The van der Waals surface area contributed by atoms with Crippen LogP contribution in [0.15, 0.2) is 6.07 Å². The zero-order valence-electron chi connectivity index (χ0n) is 12.5. The number of hydrogen-bond acceptors (Lipinski definition) is 5. The summed E-state index contributed by atoms with van der Waals surface area (Å²) in [5.41, 5.74) is 6.70. The molecule has 0 radical (unpaired) electrons. The van der Waals surface area contributed by atoms with Crippen LogP contribution < -0.4 is 15.2 Å². The smallest absolute Gasteiger partial charge is 0.319 e. The maximum absolute atomic E-state index is 5.84. The first-order chi connectivity index (χ1) is 9.72. The van der Waals surface area contributed by atoms with E-state index in [0.29, 0.717) is 36.9 Å². The molecule has 1 aliphatic carbocycles. The van der Waals surface area contributed by atoms with Crippen molar-refractivity contribution in [2.24, 2.45) is 17.6 Å². The summed E-state index contributed by atoms with van der Waals surface area (Å²) in [6, 6.07) is 2.23. The first-order valence-corrected chi connectivity index (χ1v) is 7.54. The van der Waals surface area contributed by atoms with Crippen LogP contribution in [0.2, 0.25) is 0 Å². The Balaban J connectivity index is 1.95. The summed E-state index contributed by atoms with van der Waals surface area (Å²) in [6.07, 6.45) is 4.95. The molecule has 1 aromatic rings. The van der Waals surface area contributed by atoms with E-state index in [2.05, 4.69) is 9.97 Å². The molecule has 0 saturated heterocycles. The Bertz CT molecular complexity index is 426. The van der Waals surface area contributed by atoms with E-state index >= 15 is 0 Å². The number of aryl methyl sites for hydroxylation is 1. The average Bonchev–Trinajstić information content (AvgIpc) is 2.45. The minimum atomic E-state index is 0.412. The minimum Gasteiger partial charge on any atom is -0.478 e. The highest BCUT2D eigenvalue weighted by atomic mass is 16.5. The van der Waals surface area contributed by atoms with Crippen LogP contribution in [0.3, 0.4) is 0 Å². The third-order valence-electron chi connectivity index (χ3n) is 3.90. The second kappa shape index (κ2) is 7.43. The highest BCUT2D eigenvalue weighted by Gasteiger charge is 2.24. The molecule has 1 saturated carbocycles. The van der Waals surface area contributed by atoms with Gasteiger partial charge in [0, 0.05) is 11.8 Å². The lowest BCUT2D eigenvalue weighted by molar-refractivity contribution is 0.144. The van der Waals surface area contributed by atoms with Crippen LogP contribution in [-0.2, 0) is 0 Å². The Morgan fingerprint density at radius 2 is 1.95 bits per heavy atom. The van der Waals surface area contributed by atoms with Gasteiger partial charge in [-0.25, -0.2) is 4.98 Å². The molecule has 5 heteroatoms. The second-order valence-electron chi connectivity index (χ2n) is 5.41. The first-order valence-electron chi connectivity index (χ1n) is 7.54. The lowest BCUT2D eigenvalue weighted by Crippen LogP contribution is -2.31. The lowest BCUT2D eigenvalue weighted by atomic mass is 9.80. The summed E-state index contributed by atoms with van der Waals surface area (Å²) >= 11 is 0. The fraction of sp³-hybridized carbons (Fsp3) is 0.733. The molecule has 0 aliphatic heterocycles. The van der Waals surface area contributed by atoms with E-state index in [0.717, 1.165) is 12.2 Å². The molecular weight excluding hydrogens is 254 g/mol. The monoisotopic (exact) mass is 279 g/mol. The van der Waals surface area contributed by atoms with E-state index in [-0.39, 0.29) is 0 Å². The van der Waals surface area contributed by atoms with Crippen LogP contribution in [0.25, 0.3) is 0 Å². The molecule has 5 nitrogen and oxygen atoms in total. The van der Waals surface area contributed by atoms with Crippen LogP contribution >= 0.6 is 0 Å². The molecule has 0 aromatic carbocycles. The molecule has 1 aromatic heterocycles. The normalized spacial score (nSPS) is 22.6. The predicted molar refractivity (Wildman–Crippen MR) is 77.9 cm³/mol. The summed E-state index contributed by atoms with van der Waals surface area (Å²) < 4.78 is 11.2. The van der Waals surface area contributed by atoms with Gasteiger partial charge < -0.3 is 15.2 Å². The zero-order valence-corrected chi connectivity index (χ0v) is 12.5. The summed E-state index contributed by atoms with van der Waals surface area (Å²) in [7, 11) is 0. The van der Waals surface area contributed by atoms with Crippen LogP contribution in [0.5, 0.6) is 11.9 Å². The van der Waals surface area contributed by atoms with E-state index in [1.807, 2.05) is 19.9 Å². The maximum Gasteiger partial charge on any atom is 0.319 e. The second-order valence-corrected chi connectivity index (χ2v) is 5.41. The Morgan fingerprint density at radius 3 is 2.65 bits per heavy atom. The topological polar surface area (TPSA) is 70.3 Å². The molecule has 1 fully saturated rings. The number of rotatable bonds is 6. The molecule has 0 spiro atoms. The Morgan fingerprint density at radius 1 is 1.20 bits per heavy atom. The van der Waals surface area contributed by atoms with E-state index in [9.17, 15) is 0 Å². The van der Waals surface area contributed by atoms with Gasteiger partial charge >= 0.3 is 6.01 Å². The molecule has 112 valence electrons. The van der Waals surface area contributed by atoms with E-state index in [1.54, 1.807) is 0 Å². The molecule has 1 aliphatic rings. The molecule has 2 N–H and O–H groups in total. The summed E-state index contributed by atoms with van der Waals surface area (Å²) in [5, 5.41) is 0. The molecule has 2 atom stereocenters. The van der Waals surface area contributed by atoms with Crippen molar-refractivity contribution in [1.82, 2.24) is 9.97 Å². The molecule has 0 bridgehead atoms. The fourth-order valence-electron chi connectivity index (χ4n) is 2.80. The van der Waals surface area contributed by atoms with Crippen LogP contribution in [0, 0.1) is 18.8 Å². The highest BCUT2D eigenvalue weighted by molar-refractivity contribution is 5.17. The average molecular weight is 279 g/mol. The summed E-state index contributed by atoms with van der Waals surface area (Å²) in [6.45, 7) is 5.84. The number of nitrogens with two attached hydrogens (primary N) is 1. The van der Waals surface area contributed by atoms with Crippen LogP contribution in [-0.4, -0.2) is 29.7 Å².